The highest BCUT2D eigenvalue weighted by Crippen LogP contribution is 2.12. The molecule has 0 aromatic heterocycles. The van der Waals surface area contributed by atoms with E-state index in [1.165, 1.54) is 51.4 Å². The highest BCUT2D eigenvalue weighted by Gasteiger charge is 1.99. The number of hydrogen-bond donors (Lipinski definition) is 1. The number of thiol groups is 1. The molecule has 0 saturated carbocycles. The van der Waals surface area contributed by atoms with Gasteiger partial charge in [-0.25, -0.2) is 0 Å². The summed E-state index contributed by atoms with van der Waals surface area (Å²) in [6.45, 7) is 2.25. The summed E-state index contributed by atoms with van der Waals surface area (Å²) in [6, 6.07) is 0. The fraction of sp³-hybridized carbons (Fsp3) is 0.923. The average molecular weight is 230 g/mol. The van der Waals surface area contributed by atoms with Crippen molar-refractivity contribution in [2.75, 3.05) is 0 Å². The zero-order chi connectivity index (χ0) is 11.4. The van der Waals surface area contributed by atoms with Crippen LogP contribution in [-0.4, -0.2) is 11.5 Å². The van der Waals surface area contributed by atoms with Crippen molar-refractivity contribution >= 4 is 18.9 Å². The fourth-order valence-electron chi connectivity index (χ4n) is 1.73. The number of aldehydes is 1. The Labute approximate surface area is 100 Å². The van der Waals surface area contributed by atoms with Crippen molar-refractivity contribution in [3.8, 4) is 0 Å². The van der Waals surface area contributed by atoms with Crippen LogP contribution in [-0.2, 0) is 4.79 Å². The van der Waals surface area contributed by atoms with Gasteiger partial charge in [-0.1, -0.05) is 64.7 Å². The maximum absolute atomic E-state index is 10.3. The van der Waals surface area contributed by atoms with Gasteiger partial charge in [-0.15, -0.1) is 0 Å². The van der Waals surface area contributed by atoms with E-state index in [0.29, 0.717) is 0 Å². The molecule has 0 aromatic carbocycles. The van der Waals surface area contributed by atoms with Gasteiger partial charge in [0.05, 0.1) is 5.25 Å². The molecule has 0 amide bonds. The molecule has 90 valence electrons. The van der Waals surface area contributed by atoms with Crippen LogP contribution in [0.2, 0.25) is 0 Å². The van der Waals surface area contributed by atoms with Crippen molar-refractivity contribution in [3.63, 3.8) is 0 Å². The Morgan fingerprint density at radius 1 is 0.933 bits per heavy atom. The van der Waals surface area contributed by atoms with E-state index in [2.05, 4.69) is 19.6 Å². The first kappa shape index (κ1) is 15.0. The molecule has 0 aromatic rings. The van der Waals surface area contributed by atoms with Crippen molar-refractivity contribution in [1.29, 1.82) is 0 Å². The van der Waals surface area contributed by atoms with Gasteiger partial charge >= 0.3 is 0 Å². The maximum Gasteiger partial charge on any atom is 0.132 e. The van der Waals surface area contributed by atoms with Crippen LogP contribution < -0.4 is 0 Å². The second-order valence-electron chi connectivity index (χ2n) is 4.32. The summed E-state index contributed by atoms with van der Waals surface area (Å²) in [4.78, 5) is 10.3. The molecule has 1 unspecified atom stereocenters. The molecule has 0 fully saturated rings. The molecular formula is C13H26OS. The highest BCUT2D eigenvalue weighted by molar-refractivity contribution is 7.81. The van der Waals surface area contributed by atoms with Gasteiger partial charge in [0.2, 0.25) is 0 Å². The minimum absolute atomic E-state index is 0.0328. The minimum Gasteiger partial charge on any atom is -0.302 e. The van der Waals surface area contributed by atoms with E-state index in [0.717, 1.165) is 19.1 Å². The summed E-state index contributed by atoms with van der Waals surface area (Å²) in [5.41, 5.74) is 0. The van der Waals surface area contributed by atoms with E-state index in [-0.39, 0.29) is 5.25 Å². The Balaban J connectivity index is 2.95. The number of carbonyl (C=O) groups is 1. The van der Waals surface area contributed by atoms with Gasteiger partial charge < -0.3 is 4.79 Å². The van der Waals surface area contributed by atoms with Gasteiger partial charge in [0, 0.05) is 0 Å². The highest BCUT2D eigenvalue weighted by atomic mass is 32.1. The van der Waals surface area contributed by atoms with Gasteiger partial charge in [-0.05, 0) is 6.42 Å². The van der Waals surface area contributed by atoms with Crippen LogP contribution in [0.3, 0.4) is 0 Å². The Morgan fingerprint density at radius 3 is 1.87 bits per heavy atom. The average Bonchev–Trinajstić information content (AvgIpc) is 2.26. The van der Waals surface area contributed by atoms with Crippen LogP contribution in [0, 0.1) is 0 Å². The number of carbonyl (C=O) groups excluding carboxylic acids is 1. The van der Waals surface area contributed by atoms with Crippen LogP contribution in [0.4, 0.5) is 0 Å². The molecule has 2 heteroatoms. The van der Waals surface area contributed by atoms with Crippen molar-refractivity contribution in [3.05, 3.63) is 0 Å². The molecular weight excluding hydrogens is 204 g/mol. The molecule has 0 N–H and O–H groups in total. The standard InChI is InChI=1S/C13H26OS/c1-2-3-4-5-6-7-8-9-10-11-13(15)12-14/h12-13,15H,2-11H2,1H3. The Kier molecular flexibility index (Phi) is 12.1. The zero-order valence-corrected chi connectivity index (χ0v) is 11.0. The van der Waals surface area contributed by atoms with Gasteiger partial charge in [0.1, 0.15) is 6.29 Å². The topological polar surface area (TPSA) is 17.1 Å². The molecule has 15 heavy (non-hydrogen) atoms. The third-order valence-electron chi connectivity index (χ3n) is 2.76. The van der Waals surface area contributed by atoms with Crippen molar-refractivity contribution < 1.29 is 4.79 Å². The molecule has 0 radical (unpaired) electrons. The predicted molar refractivity (Wildman–Crippen MR) is 70.7 cm³/mol. The summed E-state index contributed by atoms with van der Waals surface area (Å²) in [6.07, 6.45) is 13.9. The van der Waals surface area contributed by atoms with Crippen LogP contribution in [0.15, 0.2) is 0 Å². The second-order valence-corrected chi connectivity index (χ2v) is 4.98. The molecule has 0 saturated heterocycles. The largest absolute Gasteiger partial charge is 0.302 e. The molecule has 0 aliphatic carbocycles. The molecule has 0 rings (SSSR count). The Morgan fingerprint density at radius 2 is 1.40 bits per heavy atom. The number of unbranched alkanes of at least 4 members (excludes halogenated alkanes) is 8. The number of hydrogen-bond acceptors (Lipinski definition) is 2. The monoisotopic (exact) mass is 230 g/mol. The van der Waals surface area contributed by atoms with Crippen LogP contribution in [0.1, 0.15) is 71.1 Å². The van der Waals surface area contributed by atoms with E-state index in [9.17, 15) is 4.79 Å². The van der Waals surface area contributed by atoms with E-state index in [1.54, 1.807) is 0 Å². The van der Waals surface area contributed by atoms with Gasteiger partial charge in [-0.3, -0.25) is 0 Å². The van der Waals surface area contributed by atoms with Gasteiger partial charge in [0.25, 0.3) is 0 Å². The molecule has 0 aliphatic rings. The van der Waals surface area contributed by atoms with Crippen molar-refractivity contribution in [2.24, 2.45) is 0 Å². The van der Waals surface area contributed by atoms with Crippen LogP contribution in [0.25, 0.3) is 0 Å². The summed E-state index contributed by atoms with van der Waals surface area (Å²) in [5.74, 6) is 0. The predicted octanol–water partition coefficient (Wildman–Crippen LogP) is 4.40. The van der Waals surface area contributed by atoms with E-state index < -0.39 is 0 Å². The Bertz CT molecular complexity index is 136. The third-order valence-corrected chi connectivity index (χ3v) is 3.14. The third kappa shape index (κ3) is 11.9. The van der Waals surface area contributed by atoms with Gasteiger partial charge in [0.15, 0.2) is 0 Å². The van der Waals surface area contributed by atoms with Crippen molar-refractivity contribution in [2.45, 2.75) is 76.4 Å². The fourth-order valence-corrected chi connectivity index (χ4v) is 1.91. The zero-order valence-electron chi connectivity index (χ0n) is 10.1. The Hall–Kier alpha value is 0.0200. The molecule has 0 bridgehead atoms. The second kappa shape index (κ2) is 12.1. The normalized spacial score (nSPS) is 12.7. The lowest BCUT2D eigenvalue weighted by Gasteiger charge is -2.03. The maximum atomic E-state index is 10.3. The molecule has 1 atom stereocenters. The molecule has 0 aliphatic heterocycles. The summed E-state index contributed by atoms with van der Waals surface area (Å²) >= 11 is 4.14. The quantitative estimate of drug-likeness (QED) is 0.316. The minimum atomic E-state index is -0.0328. The van der Waals surface area contributed by atoms with E-state index in [4.69, 9.17) is 0 Å². The molecule has 0 spiro atoms. The molecule has 1 nitrogen and oxygen atoms in total. The van der Waals surface area contributed by atoms with Crippen LogP contribution >= 0.6 is 12.6 Å². The summed E-state index contributed by atoms with van der Waals surface area (Å²) in [5, 5.41) is -0.0328. The SMILES string of the molecule is CCCCCCCCCCCC(S)C=O. The lowest BCUT2D eigenvalue weighted by atomic mass is 10.1. The lowest BCUT2D eigenvalue weighted by molar-refractivity contribution is -0.107. The van der Waals surface area contributed by atoms with Gasteiger partial charge in [-0.2, -0.15) is 12.6 Å². The first-order chi connectivity index (χ1) is 7.31. The summed E-state index contributed by atoms with van der Waals surface area (Å²) in [7, 11) is 0. The van der Waals surface area contributed by atoms with E-state index in [1.807, 2.05) is 0 Å². The summed E-state index contributed by atoms with van der Waals surface area (Å²) < 4.78 is 0. The smallest absolute Gasteiger partial charge is 0.132 e. The molecule has 0 heterocycles. The van der Waals surface area contributed by atoms with E-state index >= 15 is 0 Å². The van der Waals surface area contributed by atoms with Crippen LogP contribution in [0.5, 0.6) is 0 Å². The lowest BCUT2D eigenvalue weighted by Crippen LogP contribution is -1.98. The first-order valence-corrected chi connectivity index (χ1v) is 6.96. The van der Waals surface area contributed by atoms with Crippen molar-refractivity contribution in [1.82, 2.24) is 0 Å². The number of rotatable bonds is 11. The first-order valence-electron chi connectivity index (χ1n) is 6.44.